The van der Waals surface area contributed by atoms with Crippen molar-refractivity contribution in [2.45, 2.75) is 0 Å². The first-order valence-electron chi connectivity index (χ1n) is 3.85. The Hall–Kier alpha value is -1.74. The Bertz CT molecular complexity index is 376. The standard InChI is InChI=1S/C12H8/c1-2-10-8-11-6-4-3-5-7-12(11)9-10/h1,3-9H. The molecule has 0 heteroatoms. The minimum atomic E-state index is 0.955. The van der Waals surface area contributed by atoms with Gasteiger partial charge in [-0.05, 0) is 23.3 Å². The Labute approximate surface area is 72.2 Å². The van der Waals surface area contributed by atoms with Gasteiger partial charge in [-0.15, -0.1) is 6.42 Å². The van der Waals surface area contributed by atoms with Crippen LogP contribution in [-0.4, -0.2) is 0 Å². The lowest BCUT2D eigenvalue weighted by molar-refractivity contribution is 1.82. The van der Waals surface area contributed by atoms with Crippen LogP contribution in [0.25, 0.3) is 11.1 Å². The van der Waals surface area contributed by atoms with Crippen molar-refractivity contribution >= 4 is 0 Å². The van der Waals surface area contributed by atoms with Gasteiger partial charge in [0.2, 0.25) is 0 Å². The van der Waals surface area contributed by atoms with Gasteiger partial charge < -0.3 is 0 Å². The zero-order valence-corrected chi connectivity index (χ0v) is 6.62. The van der Waals surface area contributed by atoms with Crippen molar-refractivity contribution in [2.24, 2.45) is 0 Å². The van der Waals surface area contributed by atoms with E-state index < -0.39 is 0 Å². The van der Waals surface area contributed by atoms with Crippen LogP contribution in [0.2, 0.25) is 0 Å². The molecule has 12 heavy (non-hydrogen) atoms. The molecule has 0 radical (unpaired) electrons. The molecule has 0 spiro atoms. The third-order valence-electron chi connectivity index (χ3n) is 1.90. The smallest absolute Gasteiger partial charge is 0.0254 e. The SMILES string of the molecule is C#Cc1cc2cccccc-2c1. The maximum atomic E-state index is 5.29. The molecule has 2 aliphatic rings. The Kier molecular flexibility index (Phi) is 1.57. The van der Waals surface area contributed by atoms with Gasteiger partial charge in [-0.1, -0.05) is 36.3 Å². The fourth-order valence-corrected chi connectivity index (χ4v) is 1.30. The zero-order chi connectivity index (χ0) is 8.39. The second-order valence-electron chi connectivity index (χ2n) is 2.71. The van der Waals surface area contributed by atoms with Gasteiger partial charge >= 0.3 is 0 Å². The molecule has 2 aliphatic carbocycles. The van der Waals surface area contributed by atoms with E-state index in [1.165, 1.54) is 11.1 Å². The fraction of sp³-hybridized carbons (Fsp3) is 0. The maximum Gasteiger partial charge on any atom is 0.0254 e. The van der Waals surface area contributed by atoms with Crippen molar-refractivity contribution in [3.05, 3.63) is 48.0 Å². The third-order valence-corrected chi connectivity index (χ3v) is 1.90. The largest absolute Gasteiger partial charge is 0.115 e. The topological polar surface area (TPSA) is 0 Å². The van der Waals surface area contributed by atoms with Crippen LogP contribution in [0.4, 0.5) is 0 Å². The van der Waals surface area contributed by atoms with Gasteiger partial charge in [0, 0.05) is 5.56 Å². The van der Waals surface area contributed by atoms with Crippen molar-refractivity contribution in [1.82, 2.24) is 0 Å². The van der Waals surface area contributed by atoms with Crippen molar-refractivity contribution in [2.75, 3.05) is 0 Å². The van der Waals surface area contributed by atoms with E-state index in [0.29, 0.717) is 0 Å². The maximum absolute atomic E-state index is 5.29. The number of hydrogen-bond donors (Lipinski definition) is 0. The molecule has 2 rings (SSSR count). The van der Waals surface area contributed by atoms with Crippen molar-refractivity contribution < 1.29 is 0 Å². The van der Waals surface area contributed by atoms with Crippen LogP contribution in [0.3, 0.4) is 0 Å². The Morgan fingerprint density at radius 3 is 2.00 bits per heavy atom. The van der Waals surface area contributed by atoms with E-state index in [-0.39, 0.29) is 0 Å². The molecule has 0 saturated carbocycles. The first-order chi connectivity index (χ1) is 5.90. The Morgan fingerprint density at radius 1 is 0.917 bits per heavy atom. The van der Waals surface area contributed by atoms with Crippen LogP contribution in [0.15, 0.2) is 42.5 Å². The van der Waals surface area contributed by atoms with E-state index in [9.17, 15) is 0 Å². The van der Waals surface area contributed by atoms with Gasteiger partial charge in [0.15, 0.2) is 0 Å². The minimum Gasteiger partial charge on any atom is -0.115 e. The van der Waals surface area contributed by atoms with Crippen LogP contribution in [0.5, 0.6) is 0 Å². The summed E-state index contributed by atoms with van der Waals surface area (Å²) in [4.78, 5) is 0. The molecule has 0 fully saturated rings. The second-order valence-corrected chi connectivity index (χ2v) is 2.71. The third kappa shape index (κ3) is 1.06. The second kappa shape index (κ2) is 2.71. The molecular weight excluding hydrogens is 144 g/mol. The zero-order valence-electron chi connectivity index (χ0n) is 6.62. The van der Waals surface area contributed by atoms with Crippen molar-refractivity contribution in [3.63, 3.8) is 0 Å². The molecule has 0 heterocycles. The highest BCUT2D eigenvalue weighted by Gasteiger charge is 2.01. The molecular formula is C12H8. The van der Waals surface area contributed by atoms with Crippen LogP contribution in [0.1, 0.15) is 5.56 Å². The van der Waals surface area contributed by atoms with E-state index in [1.54, 1.807) is 0 Å². The lowest BCUT2D eigenvalue weighted by Crippen LogP contribution is -1.59. The molecule has 0 unspecified atom stereocenters. The molecule has 0 bridgehead atoms. The van der Waals surface area contributed by atoms with Gasteiger partial charge in [0.05, 0.1) is 0 Å². The molecule has 0 amide bonds. The summed E-state index contributed by atoms with van der Waals surface area (Å²) in [6, 6.07) is 14.2. The first kappa shape index (κ1) is 6.94. The van der Waals surface area contributed by atoms with Crippen LogP contribution in [0, 0.1) is 12.3 Å². The molecule has 56 valence electrons. The molecule has 0 atom stereocenters. The first-order valence-corrected chi connectivity index (χ1v) is 3.85. The lowest BCUT2D eigenvalue weighted by Gasteiger charge is -1.85. The molecule has 0 aromatic carbocycles. The normalized spacial score (nSPS) is 9.58. The number of terminal acetylenes is 1. The van der Waals surface area contributed by atoms with Crippen molar-refractivity contribution in [3.8, 4) is 23.5 Å². The summed E-state index contributed by atoms with van der Waals surface area (Å²) in [6.45, 7) is 0. The molecule has 0 nitrogen and oxygen atoms in total. The Balaban J connectivity index is 2.71. The predicted molar refractivity (Wildman–Crippen MR) is 51.0 cm³/mol. The number of hydrogen-bond acceptors (Lipinski definition) is 0. The van der Waals surface area contributed by atoms with E-state index in [2.05, 4.69) is 18.1 Å². The summed E-state index contributed by atoms with van der Waals surface area (Å²) in [6.07, 6.45) is 5.29. The van der Waals surface area contributed by atoms with E-state index in [0.717, 1.165) is 5.56 Å². The Morgan fingerprint density at radius 2 is 1.50 bits per heavy atom. The van der Waals surface area contributed by atoms with Gasteiger partial charge in [-0.3, -0.25) is 0 Å². The average Bonchev–Trinajstić information content (AvgIpc) is 2.37. The average molecular weight is 152 g/mol. The van der Waals surface area contributed by atoms with Gasteiger partial charge in [-0.25, -0.2) is 0 Å². The summed E-state index contributed by atoms with van der Waals surface area (Å²) in [5, 5.41) is 0. The van der Waals surface area contributed by atoms with Crippen molar-refractivity contribution in [1.29, 1.82) is 0 Å². The summed E-state index contributed by atoms with van der Waals surface area (Å²) in [5.41, 5.74) is 3.36. The van der Waals surface area contributed by atoms with Gasteiger partial charge in [0.1, 0.15) is 0 Å². The molecule has 0 N–H and O–H groups in total. The van der Waals surface area contributed by atoms with Gasteiger partial charge in [0.25, 0.3) is 0 Å². The van der Waals surface area contributed by atoms with Crippen LogP contribution >= 0.6 is 0 Å². The van der Waals surface area contributed by atoms with Gasteiger partial charge in [-0.2, -0.15) is 0 Å². The number of fused-ring (bicyclic) bond motifs is 1. The highest BCUT2D eigenvalue weighted by Crippen LogP contribution is 2.23. The highest BCUT2D eigenvalue weighted by atomic mass is 14.0. The minimum absolute atomic E-state index is 0.955. The molecule has 0 aromatic rings. The summed E-state index contributed by atoms with van der Waals surface area (Å²) in [7, 11) is 0. The van der Waals surface area contributed by atoms with E-state index in [4.69, 9.17) is 6.42 Å². The number of rotatable bonds is 0. The van der Waals surface area contributed by atoms with E-state index >= 15 is 0 Å². The predicted octanol–water partition coefficient (Wildman–Crippen LogP) is 2.77. The van der Waals surface area contributed by atoms with Crippen LogP contribution in [-0.2, 0) is 0 Å². The van der Waals surface area contributed by atoms with Crippen LogP contribution < -0.4 is 0 Å². The lowest BCUT2D eigenvalue weighted by atomic mass is 10.2. The quantitative estimate of drug-likeness (QED) is 0.509. The summed E-state index contributed by atoms with van der Waals surface area (Å²) < 4.78 is 0. The molecule has 0 aliphatic heterocycles. The summed E-state index contributed by atoms with van der Waals surface area (Å²) >= 11 is 0. The highest BCUT2D eigenvalue weighted by molar-refractivity contribution is 5.70. The summed E-state index contributed by atoms with van der Waals surface area (Å²) in [5.74, 6) is 2.63. The van der Waals surface area contributed by atoms with E-state index in [1.807, 2.05) is 30.3 Å². The molecule has 0 saturated heterocycles. The fourth-order valence-electron chi connectivity index (χ4n) is 1.30. The molecule has 0 aromatic heterocycles. The monoisotopic (exact) mass is 152 g/mol.